The molecule has 0 aliphatic carbocycles. The summed E-state index contributed by atoms with van der Waals surface area (Å²) in [6, 6.07) is 7.26. The molecule has 1 atom stereocenters. The second-order valence-corrected chi connectivity index (χ2v) is 8.37. The van der Waals surface area contributed by atoms with Gasteiger partial charge >= 0.3 is 0 Å². The van der Waals surface area contributed by atoms with E-state index in [0.717, 1.165) is 49.2 Å². The minimum Gasteiger partial charge on any atom is -0.487 e. The Labute approximate surface area is 170 Å². The van der Waals surface area contributed by atoms with E-state index in [0.29, 0.717) is 18.7 Å². The summed E-state index contributed by atoms with van der Waals surface area (Å²) in [6.07, 6.45) is 0.968. The van der Waals surface area contributed by atoms with Crippen LogP contribution in [0.25, 0.3) is 0 Å². The van der Waals surface area contributed by atoms with E-state index in [-0.39, 0.29) is 11.4 Å². The predicted molar refractivity (Wildman–Crippen MR) is 111 cm³/mol. The number of amides is 1. The molecule has 7 heteroatoms. The molecule has 1 N–H and O–H groups in total. The highest BCUT2D eigenvalue weighted by Gasteiger charge is 2.31. The molecular weight excluding hydrogens is 374 g/mol. The van der Waals surface area contributed by atoms with Gasteiger partial charge < -0.3 is 14.8 Å². The van der Waals surface area contributed by atoms with Gasteiger partial charge in [-0.3, -0.25) is 9.69 Å². The number of rotatable bonds is 8. The molecule has 2 heterocycles. The standard InChI is InChI=1S/C21H29N3O3S/c1-4-21(3,24-9-11-26-12-10-24)15-22-20(25)17-5-7-19(8-6-17)27-13-18-14-28-16(2)23-18/h5-8,14H,4,9-13,15H2,1-3H3,(H,22,25). The number of nitrogens with zero attached hydrogens (tertiary/aromatic N) is 2. The predicted octanol–water partition coefficient (Wildman–Crippen LogP) is 3.26. The first kappa shape index (κ1) is 20.8. The number of morpholine rings is 1. The molecule has 6 nitrogen and oxygen atoms in total. The Hall–Kier alpha value is -1.96. The van der Waals surface area contributed by atoms with Gasteiger partial charge in [-0.15, -0.1) is 11.3 Å². The van der Waals surface area contributed by atoms with Gasteiger partial charge in [0, 0.05) is 36.1 Å². The van der Waals surface area contributed by atoms with E-state index in [4.69, 9.17) is 9.47 Å². The number of benzene rings is 1. The number of carbonyl (C=O) groups is 1. The number of aryl methyl sites for hydroxylation is 1. The van der Waals surface area contributed by atoms with Gasteiger partial charge in [0.05, 0.1) is 23.9 Å². The third kappa shape index (κ3) is 5.31. The minimum absolute atomic E-state index is 0.0605. The molecule has 0 radical (unpaired) electrons. The van der Waals surface area contributed by atoms with Crippen LogP contribution in [-0.2, 0) is 11.3 Å². The van der Waals surface area contributed by atoms with E-state index in [9.17, 15) is 4.79 Å². The van der Waals surface area contributed by atoms with Crippen LogP contribution in [0.5, 0.6) is 5.75 Å². The van der Waals surface area contributed by atoms with Crippen LogP contribution in [0.3, 0.4) is 0 Å². The lowest BCUT2D eigenvalue weighted by atomic mass is 9.95. The van der Waals surface area contributed by atoms with Gasteiger partial charge in [-0.1, -0.05) is 6.92 Å². The van der Waals surface area contributed by atoms with Crippen molar-refractivity contribution < 1.29 is 14.3 Å². The van der Waals surface area contributed by atoms with Crippen molar-refractivity contribution in [3.63, 3.8) is 0 Å². The average Bonchev–Trinajstić information content (AvgIpc) is 3.16. The first-order valence-electron chi connectivity index (χ1n) is 9.75. The monoisotopic (exact) mass is 403 g/mol. The van der Waals surface area contributed by atoms with Gasteiger partial charge in [0.1, 0.15) is 12.4 Å². The van der Waals surface area contributed by atoms with E-state index in [1.165, 1.54) is 0 Å². The Bertz CT molecular complexity index is 771. The van der Waals surface area contributed by atoms with Crippen molar-refractivity contribution in [3.8, 4) is 5.75 Å². The summed E-state index contributed by atoms with van der Waals surface area (Å²) >= 11 is 1.61. The molecule has 2 aromatic rings. The quantitative estimate of drug-likeness (QED) is 0.733. The van der Waals surface area contributed by atoms with Crippen LogP contribution in [0.4, 0.5) is 0 Å². The maximum Gasteiger partial charge on any atom is 0.251 e. The molecule has 1 aromatic heterocycles. The molecule has 1 aliphatic heterocycles. The maximum absolute atomic E-state index is 12.6. The molecule has 28 heavy (non-hydrogen) atoms. The number of nitrogens with one attached hydrogen (secondary N) is 1. The minimum atomic E-state index is -0.0614. The van der Waals surface area contributed by atoms with Crippen LogP contribution in [0.1, 0.15) is 41.3 Å². The van der Waals surface area contributed by atoms with Crippen molar-refractivity contribution in [1.29, 1.82) is 0 Å². The molecule has 1 saturated heterocycles. The molecule has 1 aliphatic rings. The molecule has 1 amide bonds. The normalized spacial score (nSPS) is 17.1. The summed E-state index contributed by atoms with van der Waals surface area (Å²) in [6.45, 7) is 10.7. The van der Waals surface area contributed by atoms with Crippen LogP contribution >= 0.6 is 11.3 Å². The van der Waals surface area contributed by atoms with Gasteiger partial charge in [-0.05, 0) is 44.5 Å². The zero-order chi connectivity index (χ0) is 20.0. The fourth-order valence-corrected chi connectivity index (χ4v) is 3.87. The van der Waals surface area contributed by atoms with Crippen LogP contribution < -0.4 is 10.1 Å². The zero-order valence-electron chi connectivity index (χ0n) is 16.9. The molecule has 1 fully saturated rings. The molecular formula is C21H29N3O3S. The maximum atomic E-state index is 12.6. The first-order valence-corrected chi connectivity index (χ1v) is 10.6. The van der Waals surface area contributed by atoms with Gasteiger partial charge in [-0.2, -0.15) is 0 Å². The second kappa shape index (κ2) is 9.49. The molecule has 1 aromatic carbocycles. The van der Waals surface area contributed by atoms with E-state index in [2.05, 4.69) is 29.0 Å². The zero-order valence-corrected chi connectivity index (χ0v) is 17.7. The number of aromatic nitrogens is 1. The average molecular weight is 404 g/mol. The first-order chi connectivity index (χ1) is 13.5. The van der Waals surface area contributed by atoms with Crippen LogP contribution in [-0.4, -0.2) is 54.2 Å². The fraction of sp³-hybridized carbons (Fsp3) is 0.524. The van der Waals surface area contributed by atoms with Gasteiger partial charge in [0.25, 0.3) is 5.91 Å². The summed E-state index contributed by atoms with van der Waals surface area (Å²) in [5, 5.41) is 6.12. The summed E-state index contributed by atoms with van der Waals surface area (Å²) in [5.41, 5.74) is 1.50. The summed E-state index contributed by atoms with van der Waals surface area (Å²) < 4.78 is 11.2. The van der Waals surface area contributed by atoms with Crippen LogP contribution in [0, 0.1) is 6.92 Å². The van der Waals surface area contributed by atoms with Crippen molar-refractivity contribution >= 4 is 17.2 Å². The van der Waals surface area contributed by atoms with Crippen molar-refractivity contribution in [2.75, 3.05) is 32.8 Å². The smallest absolute Gasteiger partial charge is 0.251 e. The number of carbonyl (C=O) groups excluding carboxylic acids is 1. The highest BCUT2D eigenvalue weighted by atomic mass is 32.1. The Balaban J connectivity index is 1.52. The van der Waals surface area contributed by atoms with Crippen molar-refractivity contribution in [2.45, 2.75) is 39.3 Å². The van der Waals surface area contributed by atoms with Crippen molar-refractivity contribution in [1.82, 2.24) is 15.2 Å². The molecule has 3 rings (SSSR count). The van der Waals surface area contributed by atoms with E-state index in [1.807, 2.05) is 24.4 Å². The number of thiazole rings is 1. The molecule has 1 unspecified atom stereocenters. The summed E-state index contributed by atoms with van der Waals surface area (Å²) in [4.78, 5) is 19.4. The lowest BCUT2D eigenvalue weighted by molar-refractivity contribution is -0.0169. The Morgan fingerprint density at radius 1 is 1.32 bits per heavy atom. The van der Waals surface area contributed by atoms with Gasteiger partial charge in [-0.25, -0.2) is 4.98 Å². The third-order valence-corrected chi connectivity index (χ3v) is 6.16. The highest BCUT2D eigenvalue weighted by molar-refractivity contribution is 7.09. The highest BCUT2D eigenvalue weighted by Crippen LogP contribution is 2.20. The topological polar surface area (TPSA) is 63.7 Å². The Morgan fingerprint density at radius 3 is 2.64 bits per heavy atom. The molecule has 152 valence electrons. The second-order valence-electron chi connectivity index (χ2n) is 7.30. The van der Waals surface area contributed by atoms with E-state index in [1.54, 1.807) is 23.5 Å². The van der Waals surface area contributed by atoms with Gasteiger partial charge in [0.2, 0.25) is 0 Å². The number of ether oxygens (including phenoxy) is 2. The third-order valence-electron chi connectivity index (χ3n) is 5.34. The lowest BCUT2D eigenvalue weighted by Crippen LogP contribution is -2.56. The number of hydrogen-bond donors (Lipinski definition) is 1. The SMILES string of the molecule is CCC(C)(CNC(=O)c1ccc(OCc2csc(C)n2)cc1)N1CCOCC1. The molecule has 0 bridgehead atoms. The fourth-order valence-electron chi connectivity index (χ4n) is 3.27. The van der Waals surface area contributed by atoms with E-state index >= 15 is 0 Å². The number of hydrogen-bond acceptors (Lipinski definition) is 6. The van der Waals surface area contributed by atoms with Crippen molar-refractivity contribution in [2.24, 2.45) is 0 Å². The van der Waals surface area contributed by atoms with Crippen LogP contribution in [0.15, 0.2) is 29.6 Å². The Kier molecular flexibility index (Phi) is 7.04. The van der Waals surface area contributed by atoms with Crippen LogP contribution in [0.2, 0.25) is 0 Å². The van der Waals surface area contributed by atoms with E-state index < -0.39 is 0 Å². The van der Waals surface area contributed by atoms with Crippen molar-refractivity contribution in [3.05, 3.63) is 45.9 Å². The largest absolute Gasteiger partial charge is 0.487 e. The molecule has 0 saturated carbocycles. The van der Waals surface area contributed by atoms with Gasteiger partial charge in [0.15, 0.2) is 0 Å². The molecule has 0 spiro atoms. The summed E-state index contributed by atoms with van der Waals surface area (Å²) in [7, 11) is 0. The lowest BCUT2D eigenvalue weighted by Gasteiger charge is -2.43. The Morgan fingerprint density at radius 2 is 2.04 bits per heavy atom. The summed E-state index contributed by atoms with van der Waals surface area (Å²) in [5.74, 6) is 0.670.